The van der Waals surface area contributed by atoms with Crippen LogP contribution in [0.5, 0.6) is 23.0 Å². The second kappa shape index (κ2) is 14.2. The Bertz CT molecular complexity index is 1680. The predicted octanol–water partition coefficient (Wildman–Crippen LogP) is 4.95. The SMILES string of the molecule is COc1ccc(N(CC(=O)N/N=C\c2ccc(OCc3ccccc3)c(OC)c2)S(=O)(=O)c2ccc(C)cc2)c(OC)c1. The molecule has 1 amide bonds. The van der Waals surface area contributed by atoms with Crippen molar-refractivity contribution >= 4 is 27.8 Å². The summed E-state index contributed by atoms with van der Waals surface area (Å²) in [5, 5.41) is 4.03. The highest BCUT2D eigenvalue weighted by atomic mass is 32.2. The molecule has 0 atom stereocenters. The van der Waals surface area contributed by atoms with Gasteiger partial charge in [0.15, 0.2) is 11.5 Å². The van der Waals surface area contributed by atoms with Gasteiger partial charge in [-0.15, -0.1) is 0 Å². The molecular formula is C32H33N3O7S. The molecule has 10 nitrogen and oxygen atoms in total. The highest BCUT2D eigenvalue weighted by molar-refractivity contribution is 7.92. The van der Waals surface area contributed by atoms with Crippen molar-refractivity contribution in [2.45, 2.75) is 18.4 Å². The van der Waals surface area contributed by atoms with E-state index in [0.29, 0.717) is 29.4 Å². The molecule has 0 saturated heterocycles. The fourth-order valence-electron chi connectivity index (χ4n) is 4.09. The van der Waals surface area contributed by atoms with E-state index in [9.17, 15) is 13.2 Å². The Kier molecular flexibility index (Phi) is 10.2. The topological polar surface area (TPSA) is 116 Å². The van der Waals surface area contributed by atoms with Crippen LogP contribution in [0.1, 0.15) is 16.7 Å². The average Bonchev–Trinajstić information content (AvgIpc) is 3.03. The van der Waals surface area contributed by atoms with E-state index in [-0.39, 0.29) is 16.3 Å². The minimum Gasteiger partial charge on any atom is -0.497 e. The second-order valence-electron chi connectivity index (χ2n) is 9.34. The number of carbonyl (C=O) groups excluding carboxylic acids is 1. The molecule has 0 bridgehead atoms. The van der Waals surface area contributed by atoms with Gasteiger partial charge in [0.1, 0.15) is 24.7 Å². The maximum Gasteiger partial charge on any atom is 0.264 e. The number of ether oxygens (including phenoxy) is 4. The molecule has 4 aromatic rings. The number of nitrogens with one attached hydrogen (secondary N) is 1. The number of hydrogen-bond acceptors (Lipinski definition) is 8. The summed E-state index contributed by atoms with van der Waals surface area (Å²) in [7, 11) is 0.262. The first-order valence-corrected chi connectivity index (χ1v) is 14.7. The van der Waals surface area contributed by atoms with E-state index < -0.39 is 22.5 Å². The number of hydrogen-bond donors (Lipinski definition) is 1. The first-order chi connectivity index (χ1) is 20.7. The van der Waals surface area contributed by atoms with Gasteiger partial charge in [0, 0.05) is 6.07 Å². The number of carbonyl (C=O) groups is 1. The summed E-state index contributed by atoms with van der Waals surface area (Å²) >= 11 is 0. The molecule has 224 valence electrons. The first-order valence-electron chi connectivity index (χ1n) is 13.2. The van der Waals surface area contributed by atoms with E-state index in [1.54, 1.807) is 42.5 Å². The van der Waals surface area contributed by atoms with Crippen LogP contribution in [0.3, 0.4) is 0 Å². The molecule has 11 heteroatoms. The summed E-state index contributed by atoms with van der Waals surface area (Å²) < 4.78 is 50.5. The van der Waals surface area contributed by atoms with Crippen LogP contribution in [0.2, 0.25) is 0 Å². The molecule has 0 aliphatic rings. The number of amides is 1. The fraction of sp³-hybridized carbons (Fsp3) is 0.188. The average molecular weight is 604 g/mol. The largest absolute Gasteiger partial charge is 0.497 e. The molecule has 0 aromatic heterocycles. The van der Waals surface area contributed by atoms with Crippen LogP contribution in [0, 0.1) is 6.92 Å². The molecule has 1 N–H and O–H groups in total. The van der Waals surface area contributed by atoms with Crippen LogP contribution in [-0.2, 0) is 21.4 Å². The molecule has 0 aliphatic heterocycles. The van der Waals surface area contributed by atoms with Crippen molar-refractivity contribution in [3.63, 3.8) is 0 Å². The summed E-state index contributed by atoms with van der Waals surface area (Å²) in [6.45, 7) is 1.67. The van der Waals surface area contributed by atoms with Crippen LogP contribution in [0.4, 0.5) is 5.69 Å². The predicted molar refractivity (Wildman–Crippen MR) is 165 cm³/mol. The molecule has 0 saturated carbocycles. The van der Waals surface area contributed by atoms with E-state index in [0.717, 1.165) is 15.4 Å². The molecule has 4 rings (SSSR count). The van der Waals surface area contributed by atoms with Crippen molar-refractivity contribution in [3.8, 4) is 23.0 Å². The van der Waals surface area contributed by atoms with Crippen LogP contribution < -0.4 is 28.7 Å². The third-order valence-electron chi connectivity index (χ3n) is 6.38. The second-order valence-corrected chi connectivity index (χ2v) is 11.2. The minimum atomic E-state index is -4.17. The lowest BCUT2D eigenvalue weighted by Gasteiger charge is -2.25. The maximum atomic E-state index is 13.7. The molecule has 0 heterocycles. The smallest absolute Gasteiger partial charge is 0.264 e. The number of methoxy groups -OCH3 is 3. The van der Waals surface area contributed by atoms with E-state index in [1.807, 2.05) is 37.3 Å². The number of anilines is 1. The molecule has 4 aromatic carbocycles. The number of nitrogens with zero attached hydrogens (tertiary/aromatic N) is 2. The monoisotopic (exact) mass is 603 g/mol. The number of sulfonamides is 1. The number of benzene rings is 4. The molecule has 0 radical (unpaired) electrons. The van der Waals surface area contributed by atoms with Crippen molar-refractivity contribution < 1.29 is 32.2 Å². The summed E-state index contributed by atoms with van der Waals surface area (Å²) in [6, 6.07) is 26.0. The van der Waals surface area contributed by atoms with Gasteiger partial charge in [-0.05, 0) is 60.5 Å². The Morgan fingerprint density at radius 2 is 1.56 bits per heavy atom. The van der Waals surface area contributed by atoms with E-state index in [1.165, 1.54) is 45.7 Å². The molecule has 43 heavy (non-hydrogen) atoms. The third-order valence-corrected chi connectivity index (χ3v) is 8.15. The lowest BCUT2D eigenvalue weighted by molar-refractivity contribution is -0.119. The van der Waals surface area contributed by atoms with Gasteiger partial charge in [-0.2, -0.15) is 5.10 Å². The zero-order valence-corrected chi connectivity index (χ0v) is 25.1. The number of aryl methyl sites for hydroxylation is 1. The van der Waals surface area contributed by atoms with Gasteiger partial charge in [-0.3, -0.25) is 9.10 Å². The van der Waals surface area contributed by atoms with Crippen molar-refractivity contribution in [2.24, 2.45) is 5.10 Å². The zero-order valence-electron chi connectivity index (χ0n) is 24.3. The molecule has 0 aliphatic carbocycles. The van der Waals surface area contributed by atoms with E-state index in [2.05, 4.69) is 10.5 Å². The van der Waals surface area contributed by atoms with Crippen molar-refractivity contribution in [1.29, 1.82) is 0 Å². The van der Waals surface area contributed by atoms with Gasteiger partial charge in [-0.1, -0.05) is 48.0 Å². The first kappa shape index (κ1) is 30.9. The zero-order chi connectivity index (χ0) is 30.8. The normalized spacial score (nSPS) is 11.2. The summed E-state index contributed by atoms with van der Waals surface area (Å²) in [6.07, 6.45) is 1.42. The van der Waals surface area contributed by atoms with Crippen LogP contribution >= 0.6 is 0 Å². The van der Waals surface area contributed by atoms with Crippen molar-refractivity contribution in [2.75, 3.05) is 32.2 Å². The standard InChI is InChI=1S/C32H33N3O7S/c1-23-10-14-27(15-11-23)43(37,38)35(28-16-13-26(39-2)19-30(28)40-3)21-32(36)34-33-20-25-12-17-29(31(18-25)41-4)42-22-24-8-6-5-7-9-24/h5-20H,21-22H2,1-4H3,(H,34,36)/b33-20-. The maximum absolute atomic E-state index is 13.7. The third kappa shape index (κ3) is 7.83. The fourth-order valence-corrected chi connectivity index (χ4v) is 5.52. The summed E-state index contributed by atoms with van der Waals surface area (Å²) in [4.78, 5) is 13.0. The van der Waals surface area contributed by atoms with E-state index in [4.69, 9.17) is 18.9 Å². The van der Waals surface area contributed by atoms with Crippen LogP contribution in [0.25, 0.3) is 0 Å². The van der Waals surface area contributed by atoms with Crippen LogP contribution in [0.15, 0.2) is 101 Å². The van der Waals surface area contributed by atoms with Gasteiger partial charge < -0.3 is 18.9 Å². The Balaban J connectivity index is 1.52. The Morgan fingerprint density at radius 1 is 0.837 bits per heavy atom. The van der Waals surface area contributed by atoms with Gasteiger partial charge in [0.25, 0.3) is 15.9 Å². The van der Waals surface area contributed by atoms with Crippen molar-refractivity contribution in [1.82, 2.24) is 5.43 Å². The molecular weight excluding hydrogens is 570 g/mol. The quantitative estimate of drug-likeness (QED) is 0.170. The van der Waals surface area contributed by atoms with Gasteiger partial charge in [0.2, 0.25) is 0 Å². The lowest BCUT2D eigenvalue weighted by atomic mass is 10.2. The minimum absolute atomic E-state index is 0.0222. The molecule has 0 unspecified atom stereocenters. The van der Waals surface area contributed by atoms with Crippen LogP contribution in [-0.4, -0.2) is 48.4 Å². The Morgan fingerprint density at radius 3 is 2.23 bits per heavy atom. The van der Waals surface area contributed by atoms with E-state index >= 15 is 0 Å². The Hall–Kier alpha value is -5.03. The van der Waals surface area contributed by atoms with Crippen molar-refractivity contribution in [3.05, 3.63) is 108 Å². The molecule has 0 fully saturated rings. The van der Waals surface area contributed by atoms with Gasteiger partial charge >= 0.3 is 0 Å². The number of rotatable bonds is 13. The molecule has 0 spiro atoms. The number of hydrazone groups is 1. The highest BCUT2D eigenvalue weighted by Crippen LogP contribution is 2.35. The highest BCUT2D eigenvalue weighted by Gasteiger charge is 2.29. The summed E-state index contributed by atoms with van der Waals surface area (Å²) in [5.41, 5.74) is 5.12. The lowest BCUT2D eigenvalue weighted by Crippen LogP contribution is -2.39. The van der Waals surface area contributed by atoms with Gasteiger partial charge in [0.05, 0.1) is 38.1 Å². The Labute approximate surface area is 251 Å². The summed E-state index contributed by atoms with van der Waals surface area (Å²) in [5.74, 6) is 1.06. The van der Waals surface area contributed by atoms with Gasteiger partial charge in [-0.25, -0.2) is 13.8 Å².